The Hall–Kier alpha value is -3.53. The number of nitrogens with one attached hydrogen (secondary N) is 1. The molecule has 0 unspecified atom stereocenters. The Morgan fingerprint density at radius 2 is 1.92 bits per heavy atom. The summed E-state index contributed by atoms with van der Waals surface area (Å²) in [6, 6.07) is 13.8. The van der Waals surface area contributed by atoms with Crippen molar-refractivity contribution in [3.05, 3.63) is 53.6 Å². The van der Waals surface area contributed by atoms with Crippen LogP contribution in [0.5, 0.6) is 11.5 Å². The zero-order chi connectivity index (χ0) is 18.1. The number of hydrogen-bond donors (Lipinski definition) is 1. The van der Waals surface area contributed by atoms with Crippen LogP contribution in [0.1, 0.15) is 15.9 Å². The lowest BCUT2D eigenvalue weighted by molar-refractivity contribution is -0.123. The fourth-order valence-corrected chi connectivity index (χ4v) is 2.93. The van der Waals surface area contributed by atoms with E-state index in [9.17, 15) is 9.59 Å². The first kappa shape index (κ1) is 16.0. The number of carbonyl (C=O) groups is 2. The lowest BCUT2D eigenvalue weighted by atomic mass is 9.97. The van der Waals surface area contributed by atoms with Crippen LogP contribution in [-0.2, 0) is 4.79 Å². The van der Waals surface area contributed by atoms with E-state index in [0.29, 0.717) is 41.4 Å². The molecule has 2 aromatic rings. The lowest BCUT2D eigenvalue weighted by Crippen LogP contribution is -2.54. The summed E-state index contributed by atoms with van der Waals surface area (Å²) >= 11 is 0. The first-order chi connectivity index (χ1) is 12.6. The van der Waals surface area contributed by atoms with Gasteiger partial charge in [0.05, 0.1) is 17.6 Å². The van der Waals surface area contributed by atoms with E-state index in [4.69, 9.17) is 14.7 Å². The Bertz CT molecular complexity index is 929. The average molecular weight is 349 g/mol. The summed E-state index contributed by atoms with van der Waals surface area (Å²) in [5, 5.41) is 11.7. The predicted molar refractivity (Wildman–Crippen MR) is 91.7 cm³/mol. The van der Waals surface area contributed by atoms with E-state index in [-0.39, 0.29) is 24.5 Å². The molecular formula is C19H15N3O4. The number of anilines is 1. The highest BCUT2D eigenvalue weighted by atomic mass is 16.7. The number of nitrogens with zero attached hydrogens (tertiary/aromatic N) is 2. The molecule has 0 bridgehead atoms. The van der Waals surface area contributed by atoms with E-state index in [1.807, 2.05) is 6.07 Å². The minimum Gasteiger partial charge on any atom is -0.454 e. The molecule has 0 aliphatic carbocycles. The predicted octanol–water partition coefficient (Wildman–Crippen LogP) is 2.00. The molecule has 0 aromatic heterocycles. The monoisotopic (exact) mass is 349 g/mol. The standard InChI is InChI=1S/C19H15N3O4/c20-8-12-2-1-3-15(6-12)21-18(23)14-9-22(10-14)19(24)13-4-5-16-17(7-13)26-11-25-16/h1-7,14H,9-11H2,(H,21,23). The van der Waals surface area contributed by atoms with Gasteiger partial charge < -0.3 is 19.7 Å². The normalized spacial score (nSPS) is 15.1. The number of carbonyl (C=O) groups excluding carboxylic acids is 2. The third-order valence-electron chi connectivity index (χ3n) is 4.42. The molecule has 7 heteroatoms. The van der Waals surface area contributed by atoms with E-state index in [1.54, 1.807) is 47.4 Å². The van der Waals surface area contributed by atoms with Crippen molar-refractivity contribution >= 4 is 17.5 Å². The number of ether oxygens (including phenoxy) is 2. The van der Waals surface area contributed by atoms with E-state index < -0.39 is 0 Å². The van der Waals surface area contributed by atoms with Crippen LogP contribution in [0.3, 0.4) is 0 Å². The third-order valence-corrected chi connectivity index (χ3v) is 4.42. The van der Waals surface area contributed by atoms with Gasteiger partial charge in [-0.05, 0) is 36.4 Å². The van der Waals surface area contributed by atoms with Crippen LogP contribution in [0, 0.1) is 17.2 Å². The summed E-state index contributed by atoms with van der Waals surface area (Å²) in [6.07, 6.45) is 0. The number of nitriles is 1. The highest BCUT2D eigenvalue weighted by molar-refractivity contribution is 5.99. The molecular weight excluding hydrogens is 334 g/mol. The molecule has 7 nitrogen and oxygen atoms in total. The summed E-state index contributed by atoms with van der Waals surface area (Å²) < 4.78 is 10.5. The van der Waals surface area contributed by atoms with Gasteiger partial charge in [0.15, 0.2) is 11.5 Å². The van der Waals surface area contributed by atoms with Crippen molar-refractivity contribution in [2.24, 2.45) is 5.92 Å². The average Bonchev–Trinajstić information content (AvgIpc) is 3.08. The summed E-state index contributed by atoms with van der Waals surface area (Å²) in [4.78, 5) is 26.4. The molecule has 1 fully saturated rings. The summed E-state index contributed by atoms with van der Waals surface area (Å²) in [6.45, 7) is 0.875. The van der Waals surface area contributed by atoms with Crippen LogP contribution in [-0.4, -0.2) is 36.6 Å². The molecule has 4 rings (SSSR count). The van der Waals surface area contributed by atoms with Crippen molar-refractivity contribution in [3.63, 3.8) is 0 Å². The van der Waals surface area contributed by atoms with Gasteiger partial charge in [-0.1, -0.05) is 6.07 Å². The largest absolute Gasteiger partial charge is 0.454 e. The number of likely N-dealkylation sites (tertiary alicyclic amines) is 1. The Morgan fingerprint density at radius 1 is 1.12 bits per heavy atom. The van der Waals surface area contributed by atoms with Crippen LogP contribution in [0.25, 0.3) is 0 Å². The summed E-state index contributed by atoms with van der Waals surface area (Å²) in [5.74, 6) is 0.623. The van der Waals surface area contributed by atoms with Gasteiger partial charge in [0.25, 0.3) is 5.91 Å². The highest BCUT2D eigenvalue weighted by Gasteiger charge is 2.36. The molecule has 1 N–H and O–H groups in total. The second kappa shape index (κ2) is 6.41. The second-order valence-electron chi connectivity index (χ2n) is 6.16. The van der Waals surface area contributed by atoms with Crippen LogP contribution in [0.15, 0.2) is 42.5 Å². The SMILES string of the molecule is N#Cc1cccc(NC(=O)C2CN(C(=O)c3ccc4c(c3)OCO4)C2)c1. The third kappa shape index (κ3) is 2.93. The van der Waals surface area contributed by atoms with Gasteiger partial charge in [-0.2, -0.15) is 5.26 Å². The first-order valence-electron chi connectivity index (χ1n) is 8.14. The van der Waals surface area contributed by atoms with Gasteiger partial charge in [-0.15, -0.1) is 0 Å². The van der Waals surface area contributed by atoms with Gasteiger partial charge in [0, 0.05) is 24.3 Å². The van der Waals surface area contributed by atoms with Gasteiger partial charge in [0.2, 0.25) is 12.7 Å². The molecule has 2 aliphatic heterocycles. The minimum atomic E-state index is -0.265. The van der Waals surface area contributed by atoms with Crippen molar-refractivity contribution in [2.45, 2.75) is 0 Å². The van der Waals surface area contributed by atoms with Gasteiger partial charge in [-0.3, -0.25) is 9.59 Å². The van der Waals surface area contributed by atoms with Crippen molar-refractivity contribution in [3.8, 4) is 17.6 Å². The molecule has 0 radical (unpaired) electrons. The molecule has 2 aliphatic rings. The maximum Gasteiger partial charge on any atom is 0.254 e. The molecule has 2 heterocycles. The Balaban J connectivity index is 1.35. The fourth-order valence-electron chi connectivity index (χ4n) is 2.93. The molecule has 0 atom stereocenters. The zero-order valence-electron chi connectivity index (χ0n) is 13.8. The molecule has 1 saturated heterocycles. The van der Waals surface area contributed by atoms with Gasteiger partial charge in [-0.25, -0.2) is 0 Å². The van der Waals surface area contributed by atoms with E-state index in [0.717, 1.165) is 0 Å². The van der Waals surface area contributed by atoms with Crippen molar-refractivity contribution in [1.29, 1.82) is 5.26 Å². The van der Waals surface area contributed by atoms with Crippen molar-refractivity contribution < 1.29 is 19.1 Å². The van der Waals surface area contributed by atoms with Gasteiger partial charge >= 0.3 is 0 Å². The first-order valence-corrected chi connectivity index (χ1v) is 8.14. The van der Waals surface area contributed by atoms with Crippen LogP contribution in [0.2, 0.25) is 0 Å². The van der Waals surface area contributed by atoms with Crippen LogP contribution < -0.4 is 14.8 Å². The molecule has 0 saturated carbocycles. The lowest BCUT2D eigenvalue weighted by Gasteiger charge is -2.38. The maximum atomic E-state index is 12.5. The smallest absolute Gasteiger partial charge is 0.254 e. The highest BCUT2D eigenvalue weighted by Crippen LogP contribution is 2.33. The van der Waals surface area contributed by atoms with E-state index in [1.165, 1.54) is 0 Å². The fraction of sp³-hybridized carbons (Fsp3) is 0.211. The van der Waals surface area contributed by atoms with Gasteiger partial charge in [0.1, 0.15) is 0 Å². The Morgan fingerprint density at radius 3 is 2.73 bits per heavy atom. The number of rotatable bonds is 3. The summed E-state index contributed by atoms with van der Waals surface area (Å²) in [5.41, 5.74) is 1.57. The number of benzene rings is 2. The zero-order valence-corrected chi connectivity index (χ0v) is 13.8. The van der Waals surface area contributed by atoms with Crippen molar-refractivity contribution in [1.82, 2.24) is 4.90 Å². The summed E-state index contributed by atoms with van der Waals surface area (Å²) in [7, 11) is 0. The van der Waals surface area contributed by atoms with Crippen LogP contribution in [0.4, 0.5) is 5.69 Å². The van der Waals surface area contributed by atoms with E-state index >= 15 is 0 Å². The number of amides is 2. The quantitative estimate of drug-likeness (QED) is 0.915. The maximum absolute atomic E-state index is 12.5. The Kier molecular flexibility index (Phi) is 3.93. The molecule has 26 heavy (non-hydrogen) atoms. The minimum absolute atomic E-state index is 0.140. The van der Waals surface area contributed by atoms with Crippen LogP contribution >= 0.6 is 0 Å². The topological polar surface area (TPSA) is 91.7 Å². The number of hydrogen-bond acceptors (Lipinski definition) is 5. The second-order valence-corrected chi connectivity index (χ2v) is 6.16. The molecule has 130 valence electrons. The number of fused-ring (bicyclic) bond motifs is 1. The molecule has 0 spiro atoms. The van der Waals surface area contributed by atoms with Crippen molar-refractivity contribution in [2.75, 3.05) is 25.2 Å². The Labute approximate surface area is 149 Å². The molecule has 2 aromatic carbocycles. The molecule has 2 amide bonds. The van der Waals surface area contributed by atoms with E-state index in [2.05, 4.69) is 5.32 Å².